The van der Waals surface area contributed by atoms with Crippen LogP contribution in [0, 0.1) is 0 Å². The summed E-state index contributed by atoms with van der Waals surface area (Å²) in [6.45, 7) is 14.2. The van der Waals surface area contributed by atoms with Gasteiger partial charge < -0.3 is 9.42 Å². The summed E-state index contributed by atoms with van der Waals surface area (Å²) in [5, 5.41) is 4.05. The molecule has 2 heterocycles. The first-order valence-corrected chi connectivity index (χ1v) is 7.41. The lowest BCUT2D eigenvalue weighted by atomic mass is 10.2. The minimum Gasteiger partial charge on any atom is -0.338 e. The lowest BCUT2D eigenvalue weighted by Gasteiger charge is -2.36. The molecule has 0 amide bonds. The molecule has 0 spiro atoms. The lowest BCUT2D eigenvalue weighted by Crippen LogP contribution is -2.47. The van der Waals surface area contributed by atoms with Crippen molar-refractivity contribution in [3.8, 4) is 0 Å². The van der Waals surface area contributed by atoms with E-state index in [1.165, 1.54) is 13.0 Å². The van der Waals surface area contributed by atoms with Crippen molar-refractivity contribution in [1.82, 2.24) is 19.9 Å². The zero-order valence-electron chi connectivity index (χ0n) is 12.6. The van der Waals surface area contributed by atoms with Gasteiger partial charge in [0.2, 0.25) is 5.89 Å². The Morgan fingerprint density at radius 1 is 1.16 bits per heavy atom. The molecule has 5 heteroatoms. The highest BCUT2D eigenvalue weighted by Crippen LogP contribution is 2.21. The Morgan fingerprint density at radius 3 is 2.37 bits per heavy atom. The Kier molecular flexibility index (Phi) is 4.93. The first kappa shape index (κ1) is 14.5. The van der Waals surface area contributed by atoms with Gasteiger partial charge in [-0.2, -0.15) is 4.98 Å². The number of piperazine rings is 1. The lowest BCUT2D eigenvalue weighted by molar-refractivity contribution is 0.0884. The van der Waals surface area contributed by atoms with Crippen LogP contribution in [0.3, 0.4) is 0 Å². The van der Waals surface area contributed by atoms with Crippen LogP contribution in [0.4, 0.5) is 0 Å². The van der Waals surface area contributed by atoms with Crippen molar-refractivity contribution in [2.45, 2.75) is 46.1 Å². The van der Waals surface area contributed by atoms with Crippen LogP contribution >= 0.6 is 0 Å². The molecule has 1 aliphatic rings. The van der Waals surface area contributed by atoms with Gasteiger partial charge >= 0.3 is 0 Å². The average molecular weight is 266 g/mol. The summed E-state index contributed by atoms with van der Waals surface area (Å²) >= 11 is 0. The summed E-state index contributed by atoms with van der Waals surface area (Å²) < 4.78 is 5.40. The quantitative estimate of drug-likeness (QED) is 0.818. The first-order valence-electron chi connectivity index (χ1n) is 7.41. The van der Waals surface area contributed by atoms with Crippen LogP contribution in [0.15, 0.2) is 4.52 Å². The molecule has 1 fully saturated rings. The smallest absolute Gasteiger partial charge is 0.243 e. The number of hydrogen-bond acceptors (Lipinski definition) is 5. The van der Waals surface area contributed by atoms with Crippen LogP contribution in [0.25, 0.3) is 0 Å². The number of nitrogens with zero attached hydrogens (tertiary/aromatic N) is 4. The molecular weight excluding hydrogens is 240 g/mol. The molecule has 1 aromatic heterocycles. The van der Waals surface area contributed by atoms with Gasteiger partial charge in [0, 0.05) is 32.1 Å². The molecule has 0 N–H and O–H groups in total. The summed E-state index contributed by atoms with van der Waals surface area (Å²) in [7, 11) is 0. The van der Waals surface area contributed by atoms with Gasteiger partial charge in [-0.3, -0.25) is 4.90 Å². The Morgan fingerprint density at radius 2 is 1.84 bits per heavy atom. The van der Waals surface area contributed by atoms with Crippen molar-refractivity contribution >= 4 is 0 Å². The summed E-state index contributed by atoms with van der Waals surface area (Å²) in [6, 6.07) is 0.226. The van der Waals surface area contributed by atoms with E-state index in [2.05, 4.69) is 47.6 Å². The molecule has 0 aliphatic carbocycles. The molecule has 1 unspecified atom stereocenters. The molecule has 2 rings (SSSR count). The molecule has 1 atom stereocenters. The average Bonchev–Trinajstić information content (AvgIpc) is 2.89. The van der Waals surface area contributed by atoms with Crippen LogP contribution in [-0.4, -0.2) is 52.7 Å². The second-order valence-corrected chi connectivity index (χ2v) is 5.70. The van der Waals surface area contributed by atoms with Crippen molar-refractivity contribution < 1.29 is 4.52 Å². The van der Waals surface area contributed by atoms with E-state index in [0.29, 0.717) is 5.92 Å². The first-order chi connectivity index (χ1) is 9.11. The Balaban J connectivity index is 1.91. The Bertz CT molecular complexity index is 383. The third-order valence-corrected chi connectivity index (χ3v) is 3.83. The predicted octanol–water partition coefficient (Wildman–Crippen LogP) is 2.28. The van der Waals surface area contributed by atoms with E-state index >= 15 is 0 Å². The van der Waals surface area contributed by atoms with E-state index in [-0.39, 0.29) is 6.04 Å². The third kappa shape index (κ3) is 3.54. The summed E-state index contributed by atoms with van der Waals surface area (Å²) in [4.78, 5) is 9.47. The molecular formula is C14H26N4O. The SMILES string of the molecule is CCCN1CCN(C(C)c2nc(C(C)C)no2)CC1. The predicted molar refractivity (Wildman–Crippen MR) is 75.1 cm³/mol. The van der Waals surface area contributed by atoms with Gasteiger partial charge in [0.25, 0.3) is 0 Å². The molecule has 0 saturated carbocycles. The second-order valence-electron chi connectivity index (χ2n) is 5.70. The van der Waals surface area contributed by atoms with Gasteiger partial charge in [-0.15, -0.1) is 0 Å². The van der Waals surface area contributed by atoms with E-state index in [1.54, 1.807) is 0 Å². The van der Waals surface area contributed by atoms with Gasteiger partial charge in [-0.1, -0.05) is 25.9 Å². The van der Waals surface area contributed by atoms with Crippen molar-refractivity contribution in [3.05, 3.63) is 11.7 Å². The normalized spacial score (nSPS) is 20.1. The monoisotopic (exact) mass is 266 g/mol. The van der Waals surface area contributed by atoms with E-state index in [4.69, 9.17) is 4.52 Å². The van der Waals surface area contributed by atoms with Crippen molar-refractivity contribution in [2.24, 2.45) is 0 Å². The van der Waals surface area contributed by atoms with E-state index < -0.39 is 0 Å². The van der Waals surface area contributed by atoms with E-state index in [1.807, 2.05) is 0 Å². The fourth-order valence-corrected chi connectivity index (χ4v) is 2.50. The van der Waals surface area contributed by atoms with Crippen LogP contribution < -0.4 is 0 Å². The van der Waals surface area contributed by atoms with Gasteiger partial charge in [0.1, 0.15) is 0 Å². The maximum Gasteiger partial charge on any atom is 0.243 e. The number of hydrogen-bond donors (Lipinski definition) is 0. The molecule has 108 valence electrons. The fraction of sp³-hybridized carbons (Fsp3) is 0.857. The summed E-state index contributed by atoms with van der Waals surface area (Å²) in [5.41, 5.74) is 0. The zero-order chi connectivity index (χ0) is 13.8. The minimum absolute atomic E-state index is 0.226. The van der Waals surface area contributed by atoms with Crippen molar-refractivity contribution in [1.29, 1.82) is 0 Å². The highest BCUT2D eigenvalue weighted by molar-refractivity contribution is 4.96. The molecule has 0 bridgehead atoms. The van der Waals surface area contributed by atoms with Gasteiger partial charge in [-0.05, 0) is 19.9 Å². The highest BCUT2D eigenvalue weighted by atomic mass is 16.5. The van der Waals surface area contributed by atoms with Gasteiger partial charge in [-0.25, -0.2) is 0 Å². The van der Waals surface area contributed by atoms with E-state index in [9.17, 15) is 0 Å². The molecule has 1 aromatic rings. The minimum atomic E-state index is 0.226. The largest absolute Gasteiger partial charge is 0.338 e. The molecule has 1 saturated heterocycles. The fourth-order valence-electron chi connectivity index (χ4n) is 2.50. The molecule has 0 radical (unpaired) electrons. The van der Waals surface area contributed by atoms with Crippen LogP contribution in [-0.2, 0) is 0 Å². The molecule has 19 heavy (non-hydrogen) atoms. The molecule has 5 nitrogen and oxygen atoms in total. The Labute approximate surface area is 116 Å². The highest BCUT2D eigenvalue weighted by Gasteiger charge is 2.25. The second kappa shape index (κ2) is 6.48. The standard InChI is InChI=1S/C14H26N4O/c1-5-6-17-7-9-18(10-8-17)12(4)14-15-13(11(2)3)16-19-14/h11-12H,5-10H2,1-4H3. The Hall–Kier alpha value is -0.940. The van der Waals surface area contributed by atoms with Gasteiger partial charge in [0.15, 0.2) is 5.82 Å². The molecule has 1 aliphatic heterocycles. The summed E-state index contributed by atoms with van der Waals surface area (Å²) in [6.07, 6.45) is 1.23. The van der Waals surface area contributed by atoms with Crippen LogP contribution in [0.5, 0.6) is 0 Å². The van der Waals surface area contributed by atoms with Crippen LogP contribution in [0.1, 0.15) is 57.8 Å². The number of rotatable bonds is 5. The van der Waals surface area contributed by atoms with Crippen molar-refractivity contribution in [3.63, 3.8) is 0 Å². The van der Waals surface area contributed by atoms with E-state index in [0.717, 1.165) is 37.9 Å². The topological polar surface area (TPSA) is 45.4 Å². The zero-order valence-corrected chi connectivity index (χ0v) is 12.6. The number of aromatic nitrogens is 2. The maximum absolute atomic E-state index is 5.40. The summed E-state index contributed by atoms with van der Waals surface area (Å²) in [5.74, 6) is 1.89. The maximum atomic E-state index is 5.40. The van der Waals surface area contributed by atoms with Crippen LogP contribution in [0.2, 0.25) is 0 Å². The van der Waals surface area contributed by atoms with Crippen molar-refractivity contribution in [2.75, 3.05) is 32.7 Å². The molecule has 0 aromatic carbocycles. The third-order valence-electron chi connectivity index (χ3n) is 3.83. The van der Waals surface area contributed by atoms with Gasteiger partial charge in [0.05, 0.1) is 6.04 Å².